The van der Waals surface area contributed by atoms with E-state index in [0.29, 0.717) is 25.4 Å². The number of nitrogens with zero attached hydrogens (tertiary/aromatic N) is 2. The summed E-state index contributed by atoms with van der Waals surface area (Å²) >= 11 is 0. The van der Waals surface area contributed by atoms with Crippen LogP contribution in [0.25, 0.3) is 0 Å². The van der Waals surface area contributed by atoms with Gasteiger partial charge in [0.05, 0.1) is 18.5 Å². The number of carbonyl (C=O) groups is 1. The Bertz CT molecular complexity index is 361. The van der Waals surface area contributed by atoms with Gasteiger partial charge >= 0.3 is 0 Å². The van der Waals surface area contributed by atoms with Crippen molar-refractivity contribution in [1.29, 1.82) is 0 Å². The Labute approximate surface area is 108 Å². The minimum atomic E-state index is -0.0246. The minimum absolute atomic E-state index is 0.0246. The fourth-order valence-corrected chi connectivity index (χ4v) is 1.60. The molecule has 0 saturated heterocycles. The summed E-state index contributed by atoms with van der Waals surface area (Å²) in [5, 5.41) is 3.16. The summed E-state index contributed by atoms with van der Waals surface area (Å²) in [5.41, 5.74) is 1.37. The average molecular weight is 251 g/mol. The zero-order valence-electron chi connectivity index (χ0n) is 11.3. The van der Waals surface area contributed by atoms with Crippen molar-refractivity contribution in [3.63, 3.8) is 0 Å². The van der Waals surface area contributed by atoms with E-state index in [0.717, 1.165) is 12.2 Å². The summed E-state index contributed by atoms with van der Waals surface area (Å²) < 4.78 is 4.94. The largest absolute Gasteiger partial charge is 0.383 e. The van der Waals surface area contributed by atoms with E-state index in [1.54, 1.807) is 24.3 Å². The Balaban J connectivity index is 2.61. The standard InChI is InChI=1S/C13H21N3O2/c1-4-16(5-2)13(17)12-7-6-11(10-15-12)14-8-9-18-3/h6-7,10,14H,4-5,8-9H2,1-3H3. The van der Waals surface area contributed by atoms with Crippen molar-refractivity contribution in [3.8, 4) is 0 Å². The lowest BCUT2D eigenvalue weighted by atomic mass is 10.3. The Hall–Kier alpha value is -1.62. The van der Waals surface area contributed by atoms with Crippen LogP contribution in [0.3, 0.4) is 0 Å². The van der Waals surface area contributed by atoms with E-state index in [1.807, 2.05) is 19.9 Å². The topological polar surface area (TPSA) is 54.5 Å². The van der Waals surface area contributed by atoms with E-state index in [2.05, 4.69) is 10.3 Å². The van der Waals surface area contributed by atoms with Crippen LogP contribution in [-0.4, -0.2) is 49.1 Å². The molecule has 1 aromatic rings. The first-order valence-corrected chi connectivity index (χ1v) is 6.21. The van der Waals surface area contributed by atoms with E-state index >= 15 is 0 Å². The first kappa shape index (κ1) is 14.4. The summed E-state index contributed by atoms with van der Waals surface area (Å²) in [5.74, 6) is -0.0246. The molecule has 100 valence electrons. The first-order chi connectivity index (χ1) is 8.72. The van der Waals surface area contributed by atoms with Crippen LogP contribution in [0.5, 0.6) is 0 Å². The maximum atomic E-state index is 12.0. The van der Waals surface area contributed by atoms with Crippen LogP contribution in [-0.2, 0) is 4.74 Å². The number of amides is 1. The highest BCUT2D eigenvalue weighted by Crippen LogP contribution is 2.08. The highest BCUT2D eigenvalue weighted by atomic mass is 16.5. The smallest absolute Gasteiger partial charge is 0.272 e. The van der Waals surface area contributed by atoms with Crippen LogP contribution in [0.15, 0.2) is 18.3 Å². The molecule has 0 radical (unpaired) electrons. The van der Waals surface area contributed by atoms with Crippen molar-refractivity contribution in [2.45, 2.75) is 13.8 Å². The molecule has 1 heterocycles. The highest BCUT2D eigenvalue weighted by molar-refractivity contribution is 5.92. The molecule has 0 saturated carbocycles. The molecule has 1 N–H and O–H groups in total. The fraction of sp³-hybridized carbons (Fsp3) is 0.538. The summed E-state index contributed by atoms with van der Waals surface area (Å²) in [4.78, 5) is 17.9. The number of methoxy groups -OCH3 is 1. The molecule has 0 aliphatic rings. The normalized spacial score (nSPS) is 10.2. The third kappa shape index (κ3) is 4.00. The fourth-order valence-electron chi connectivity index (χ4n) is 1.60. The Morgan fingerprint density at radius 1 is 1.39 bits per heavy atom. The predicted octanol–water partition coefficient (Wildman–Crippen LogP) is 1.62. The number of aromatic nitrogens is 1. The van der Waals surface area contributed by atoms with Crippen LogP contribution >= 0.6 is 0 Å². The third-order valence-electron chi connectivity index (χ3n) is 2.67. The zero-order chi connectivity index (χ0) is 13.4. The number of hydrogen-bond acceptors (Lipinski definition) is 4. The van der Waals surface area contributed by atoms with Crippen molar-refractivity contribution in [3.05, 3.63) is 24.0 Å². The van der Waals surface area contributed by atoms with E-state index < -0.39 is 0 Å². The molecule has 0 aliphatic heterocycles. The molecular weight excluding hydrogens is 230 g/mol. The molecule has 0 aliphatic carbocycles. The maximum Gasteiger partial charge on any atom is 0.272 e. The van der Waals surface area contributed by atoms with Gasteiger partial charge in [-0.2, -0.15) is 0 Å². The minimum Gasteiger partial charge on any atom is -0.383 e. The number of rotatable bonds is 7. The van der Waals surface area contributed by atoms with Gasteiger partial charge in [-0.15, -0.1) is 0 Å². The van der Waals surface area contributed by atoms with Crippen LogP contribution in [0.1, 0.15) is 24.3 Å². The monoisotopic (exact) mass is 251 g/mol. The molecule has 0 bridgehead atoms. The van der Waals surface area contributed by atoms with Gasteiger partial charge in [-0.3, -0.25) is 4.79 Å². The van der Waals surface area contributed by atoms with Crippen LogP contribution in [0, 0.1) is 0 Å². The molecule has 5 heteroatoms. The van der Waals surface area contributed by atoms with Crippen LogP contribution in [0.2, 0.25) is 0 Å². The van der Waals surface area contributed by atoms with Crippen molar-refractivity contribution in [2.24, 2.45) is 0 Å². The quantitative estimate of drug-likeness (QED) is 0.748. The number of hydrogen-bond donors (Lipinski definition) is 1. The van der Waals surface area contributed by atoms with Crippen molar-refractivity contribution < 1.29 is 9.53 Å². The van der Waals surface area contributed by atoms with Gasteiger partial charge in [0.25, 0.3) is 5.91 Å². The molecule has 1 aromatic heterocycles. The van der Waals surface area contributed by atoms with Gasteiger partial charge in [-0.05, 0) is 26.0 Å². The second kappa shape index (κ2) is 7.66. The van der Waals surface area contributed by atoms with E-state index in [9.17, 15) is 4.79 Å². The van der Waals surface area contributed by atoms with E-state index in [-0.39, 0.29) is 5.91 Å². The van der Waals surface area contributed by atoms with Gasteiger partial charge < -0.3 is 15.0 Å². The number of ether oxygens (including phenoxy) is 1. The van der Waals surface area contributed by atoms with Gasteiger partial charge in [0, 0.05) is 26.7 Å². The summed E-state index contributed by atoms with van der Waals surface area (Å²) in [7, 11) is 1.66. The summed E-state index contributed by atoms with van der Waals surface area (Å²) in [6.45, 7) is 6.68. The third-order valence-corrected chi connectivity index (χ3v) is 2.67. The molecule has 1 rings (SSSR count). The number of nitrogens with one attached hydrogen (secondary N) is 1. The second-order valence-corrected chi connectivity index (χ2v) is 3.83. The Morgan fingerprint density at radius 2 is 2.11 bits per heavy atom. The predicted molar refractivity (Wildman–Crippen MR) is 71.9 cm³/mol. The van der Waals surface area contributed by atoms with Gasteiger partial charge in [0.15, 0.2) is 0 Å². The van der Waals surface area contributed by atoms with E-state index in [4.69, 9.17) is 4.74 Å². The summed E-state index contributed by atoms with van der Waals surface area (Å²) in [6, 6.07) is 3.61. The zero-order valence-corrected chi connectivity index (χ0v) is 11.3. The molecule has 0 atom stereocenters. The molecular formula is C13H21N3O2. The van der Waals surface area contributed by atoms with Gasteiger partial charge in [0.1, 0.15) is 5.69 Å². The molecule has 5 nitrogen and oxygen atoms in total. The number of pyridine rings is 1. The lowest BCUT2D eigenvalue weighted by Gasteiger charge is -2.18. The van der Waals surface area contributed by atoms with Crippen molar-refractivity contribution in [2.75, 3.05) is 38.7 Å². The summed E-state index contributed by atoms with van der Waals surface area (Å²) in [6.07, 6.45) is 1.67. The molecule has 18 heavy (non-hydrogen) atoms. The first-order valence-electron chi connectivity index (χ1n) is 6.21. The van der Waals surface area contributed by atoms with Gasteiger partial charge in [-0.1, -0.05) is 0 Å². The van der Waals surface area contributed by atoms with Gasteiger partial charge in [0.2, 0.25) is 0 Å². The van der Waals surface area contributed by atoms with E-state index in [1.165, 1.54) is 0 Å². The second-order valence-electron chi connectivity index (χ2n) is 3.83. The number of carbonyl (C=O) groups excluding carboxylic acids is 1. The van der Waals surface area contributed by atoms with Crippen molar-refractivity contribution in [1.82, 2.24) is 9.88 Å². The Kier molecular flexibility index (Phi) is 6.14. The molecule has 0 unspecified atom stereocenters. The Morgan fingerprint density at radius 3 is 2.61 bits per heavy atom. The average Bonchev–Trinajstić information content (AvgIpc) is 2.41. The lowest BCUT2D eigenvalue weighted by Crippen LogP contribution is -2.31. The van der Waals surface area contributed by atoms with Crippen LogP contribution < -0.4 is 5.32 Å². The number of anilines is 1. The highest BCUT2D eigenvalue weighted by Gasteiger charge is 2.13. The van der Waals surface area contributed by atoms with Crippen LogP contribution in [0.4, 0.5) is 5.69 Å². The SMILES string of the molecule is CCN(CC)C(=O)c1ccc(NCCOC)cn1. The molecule has 1 amide bonds. The molecule has 0 fully saturated rings. The maximum absolute atomic E-state index is 12.0. The lowest BCUT2D eigenvalue weighted by molar-refractivity contribution is 0.0767. The molecule has 0 aromatic carbocycles. The van der Waals surface area contributed by atoms with Gasteiger partial charge in [-0.25, -0.2) is 4.98 Å². The van der Waals surface area contributed by atoms with Crippen molar-refractivity contribution >= 4 is 11.6 Å². The molecule has 0 spiro atoms.